The number of rotatable bonds is 13. The van der Waals surface area contributed by atoms with Crippen molar-refractivity contribution in [1.29, 1.82) is 0 Å². The second-order valence-corrected chi connectivity index (χ2v) is 5.67. The molecule has 1 aromatic carbocycles. The number of hydrogen-bond donors (Lipinski definition) is 1. The van der Waals surface area contributed by atoms with E-state index < -0.39 is 0 Å². The molecule has 0 saturated carbocycles. The van der Waals surface area contributed by atoms with Gasteiger partial charge in [0.1, 0.15) is 6.61 Å². The lowest BCUT2D eigenvalue weighted by atomic mass is 10.2. The molecular weight excluding hydrogens is 290 g/mol. The minimum atomic E-state index is -0.292. The van der Waals surface area contributed by atoms with Crippen LogP contribution in [0.1, 0.15) is 62.7 Å². The van der Waals surface area contributed by atoms with Crippen molar-refractivity contribution in [2.45, 2.75) is 52.4 Å². The molecule has 23 heavy (non-hydrogen) atoms. The van der Waals surface area contributed by atoms with E-state index in [-0.39, 0.29) is 5.97 Å². The van der Waals surface area contributed by atoms with Crippen molar-refractivity contribution in [3.8, 4) is 0 Å². The molecule has 0 unspecified atom stereocenters. The summed E-state index contributed by atoms with van der Waals surface area (Å²) >= 11 is 0. The Bertz CT molecular complexity index is 417. The molecule has 1 rings (SSSR count). The molecule has 0 spiro atoms. The fourth-order valence-electron chi connectivity index (χ4n) is 2.14. The summed E-state index contributed by atoms with van der Waals surface area (Å²) in [5, 5.41) is 3.32. The Hall–Kier alpha value is -1.55. The molecule has 0 aromatic heterocycles. The summed E-state index contributed by atoms with van der Waals surface area (Å²) in [7, 11) is 0. The van der Waals surface area contributed by atoms with Gasteiger partial charge in [0.2, 0.25) is 0 Å². The highest BCUT2D eigenvalue weighted by atomic mass is 16.6. The summed E-state index contributed by atoms with van der Waals surface area (Å²) in [6.07, 6.45) is 7.07. The maximum absolute atomic E-state index is 11.9. The van der Waals surface area contributed by atoms with Crippen LogP contribution in [-0.4, -0.2) is 32.3 Å². The van der Waals surface area contributed by atoms with Crippen LogP contribution in [0.25, 0.3) is 0 Å². The zero-order valence-corrected chi connectivity index (χ0v) is 14.6. The minimum absolute atomic E-state index is 0.292. The molecule has 1 aromatic rings. The van der Waals surface area contributed by atoms with Crippen molar-refractivity contribution in [1.82, 2.24) is 0 Å². The first kappa shape index (κ1) is 19.5. The number of hydrogen-bond acceptors (Lipinski definition) is 4. The number of benzene rings is 1. The van der Waals surface area contributed by atoms with Crippen molar-refractivity contribution in [3.63, 3.8) is 0 Å². The van der Waals surface area contributed by atoms with Crippen LogP contribution in [0.4, 0.5) is 5.69 Å². The van der Waals surface area contributed by atoms with Crippen LogP contribution in [0.2, 0.25) is 0 Å². The Balaban J connectivity index is 2.14. The molecule has 0 heterocycles. The Morgan fingerprint density at radius 2 is 1.65 bits per heavy atom. The molecule has 0 atom stereocenters. The Morgan fingerprint density at radius 1 is 0.913 bits per heavy atom. The fourth-order valence-corrected chi connectivity index (χ4v) is 2.14. The molecule has 0 amide bonds. The monoisotopic (exact) mass is 321 g/mol. The lowest BCUT2D eigenvalue weighted by molar-refractivity contribution is 0.0312. The lowest BCUT2D eigenvalue weighted by Crippen LogP contribution is -2.11. The average molecular weight is 321 g/mol. The highest BCUT2D eigenvalue weighted by Gasteiger charge is 2.06. The molecule has 0 saturated heterocycles. The summed E-state index contributed by atoms with van der Waals surface area (Å²) in [4.78, 5) is 11.9. The molecule has 0 fully saturated rings. The predicted octanol–water partition coefficient (Wildman–Crippen LogP) is 4.65. The molecule has 0 radical (unpaired) electrons. The molecule has 0 bridgehead atoms. The van der Waals surface area contributed by atoms with E-state index >= 15 is 0 Å². The van der Waals surface area contributed by atoms with E-state index in [1.807, 2.05) is 12.1 Å². The second-order valence-electron chi connectivity index (χ2n) is 5.67. The van der Waals surface area contributed by atoms with Crippen molar-refractivity contribution in [3.05, 3.63) is 29.8 Å². The number of unbranched alkanes of at least 4 members (excludes halogenated alkanes) is 4. The third kappa shape index (κ3) is 9.24. The van der Waals surface area contributed by atoms with Gasteiger partial charge in [0, 0.05) is 18.8 Å². The van der Waals surface area contributed by atoms with E-state index in [0.29, 0.717) is 18.8 Å². The van der Waals surface area contributed by atoms with Crippen LogP contribution in [0, 0.1) is 0 Å². The SMILES string of the molecule is CCCCCCOCCOC(=O)c1ccc(NCCCC)cc1. The number of carbonyl (C=O) groups is 1. The first-order valence-electron chi connectivity index (χ1n) is 8.86. The maximum Gasteiger partial charge on any atom is 0.338 e. The molecule has 130 valence electrons. The van der Waals surface area contributed by atoms with Crippen LogP contribution < -0.4 is 5.32 Å². The Labute approximate surface area is 140 Å². The van der Waals surface area contributed by atoms with Crippen molar-refractivity contribution < 1.29 is 14.3 Å². The fraction of sp³-hybridized carbons (Fsp3) is 0.632. The molecule has 0 aliphatic heterocycles. The van der Waals surface area contributed by atoms with Crippen LogP contribution >= 0.6 is 0 Å². The quantitative estimate of drug-likeness (QED) is 0.424. The first-order valence-corrected chi connectivity index (χ1v) is 8.86. The normalized spacial score (nSPS) is 10.5. The van der Waals surface area contributed by atoms with Gasteiger partial charge in [0.25, 0.3) is 0 Å². The van der Waals surface area contributed by atoms with Crippen LogP contribution in [0.5, 0.6) is 0 Å². The van der Waals surface area contributed by atoms with E-state index in [1.165, 1.54) is 19.3 Å². The maximum atomic E-state index is 11.9. The van der Waals surface area contributed by atoms with E-state index in [1.54, 1.807) is 12.1 Å². The van der Waals surface area contributed by atoms with Gasteiger partial charge in [0.15, 0.2) is 0 Å². The van der Waals surface area contributed by atoms with Crippen molar-refractivity contribution >= 4 is 11.7 Å². The standard InChI is InChI=1S/C19H31NO3/c1-3-5-7-8-14-22-15-16-23-19(21)17-9-11-18(12-10-17)20-13-6-4-2/h9-12,20H,3-8,13-16H2,1-2H3. The summed E-state index contributed by atoms with van der Waals surface area (Å²) < 4.78 is 10.7. The zero-order chi connectivity index (χ0) is 16.8. The van der Waals surface area contributed by atoms with Crippen molar-refractivity contribution in [2.24, 2.45) is 0 Å². The number of esters is 1. The van der Waals surface area contributed by atoms with Gasteiger partial charge in [-0.3, -0.25) is 0 Å². The molecule has 4 nitrogen and oxygen atoms in total. The van der Waals surface area contributed by atoms with Gasteiger partial charge in [-0.25, -0.2) is 4.79 Å². The second kappa shape index (κ2) is 12.9. The summed E-state index contributed by atoms with van der Waals surface area (Å²) in [6, 6.07) is 7.41. The first-order chi connectivity index (χ1) is 11.3. The van der Waals surface area contributed by atoms with E-state index in [0.717, 1.165) is 38.1 Å². The molecule has 1 N–H and O–H groups in total. The van der Waals surface area contributed by atoms with Crippen molar-refractivity contribution in [2.75, 3.05) is 31.7 Å². The summed E-state index contributed by atoms with van der Waals surface area (Å²) in [6.45, 7) is 6.83. The molecule has 0 aliphatic carbocycles. The highest BCUT2D eigenvalue weighted by molar-refractivity contribution is 5.89. The third-order valence-corrected chi connectivity index (χ3v) is 3.58. The Morgan fingerprint density at radius 3 is 2.35 bits per heavy atom. The van der Waals surface area contributed by atoms with Gasteiger partial charge in [-0.05, 0) is 37.1 Å². The van der Waals surface area contributed by atoms with Crippen LogP contribution in [0.3, 0.4) is 0 Å². The molecule has 4 heteroatoms. The van der Waals surface area contributed by atoms with Gasteiger partial charge in [0.05, 0.1) is 12.2 Å². The number of ether oxygens (including phenoxy) is 2. The summed E-state index contributed by atoms with van der Waals surface area (Å²) in [5.41, 5.74) is 1.61. The summed E-state index contributed by atoms with van der Waals surface area (Å²) in [5.74, 6) is -0.292. The number of anilines is 1. The number of carbonyl (C=O) groups excluding carboxylic acids is 1. The minimum Gasteiger partial charge on any atom is -0.460 e. The molecular formula is C19H31NO3. The molecule has 0 aliphatic rings. The van der Waals surface area contributed by atoms with Crippen LogP contribution in [-0.2, 0) is 9.47 Å². The smallest absolute Gasteiger partial charge is 0.338 e. The largest absolute Gasteiger partial charge is 0.460 e. The zero-order valence-electron chi connectivity index (χ0n) is 14.6. The lowest BCUT2D eigenvalue weighted by Gasteiger charge is -2.08. The Kier molecular flexibility index (Phi) is 11.0. The van der Waals surface area contributed by atoms with Crippen LogP contribution in [0.15, 0.2) is 24.3 Å². The van der Waals surface area contributed by atoms with Gasteiger partial charge < -0.3 is 14.8 Å². The van der Waals surface area contributed by atoms with Gasteiger partial charge in [-0.1, -0.05) is 39.5 Å². The predicted molar refractivity (Wildman–Crippen MR) is 95.1 cm³/mol. The van der Waals surface area contributed by atoms with E-state index in [2.05, 4.69) is 19.2 Å². The van der Waals surface area contributed by atoms with Gasteiger partial charge in [-0.15, -0.1) is 0 Å². The average Bonchev–Trinajstić information content (AvgIpc) is 2.58. The van der Waals surface area contributed by atoms with E-state index in [4.69, 9.17) is 9.47 Å². The number of nitrogens with one attached hydrogen (secondary N) is 1. The van der Waals surface area contributed by atoms with Gasteiger partial charge in [-0.2, -0.15) is 0 Å². The van der Waals surface area contributed by atoms with E-state index in [9.17, 15) is 4.79 Å². The topological polar surface area (TPSA) is 47.6 Å². The highest BCUT2D eigenvalue weighted by Crippen LogP contribution is 2.10. The third-order valence-electron chi connectivity index (χ3n) is 3.58. The van der Waals surface area contributed by atoms with Gasteiger partial charge >= 0.3 is 5.97 Å².